The molecule has 0 aliphatic carbocycles. The standard InChI is InChI=1S/C11H21N3O/c1-10(13-6-2-3-7-13)9-14-8-4-5-12-11(14)15/h10H,2-9H2,1H3,(H,12,15). The van der Waals surface area contributed by atoms with Crippen LogP contribution in [-0.4, -0.2) is 54.6 Å². The second-order valence-electron chi connectivity index (χ2n) is 4.62. The van der Waals surface area contributed by atoms with Gasteiger partial charge in [0.05, 0.1) is 0 Å². The van der Waals surface area contributed by atoms with Crippen molar-refractivity contribution in [2.45, 2.75) is 32.2 Å². The fraction of sp³-hybridized carbons (Fsp3) is 0.909. The molecule has 0 saturated carbocycles. The van der Waals surface area contributed by atoms with Crippen molar-refractivity contribution in [2.75, 3.05) is 32.7 Å². The first-order valence-corrected chi connectivity index (χ1v) is 6.04. The average molecular weight is 211 g/mol. The smallest absolute Gasteiger partial charge is 0.317 e. The molecule has 4 nitrogen and oxygen atoms in total. The molecular weight excluding hydrogens is 190 g/mol. The Morgan fingerprint density at radius 1 is 1.27 bits per heavy atom. The number of carbonyl (C=O) groups excluding carboxylic acids is 1. The van der Waals surface area contributed by atoms with E-state index >= 15 is 0 Å². The average Bonchev–Trinajstić information content (AvgIpc) is 2.74. The number of rotatable bonds is 3. The Balaban J connectivity index is 1.81. The summed E-state index contributed by atoms with van der Waals surface area (Å²) >= 11 is 0. The third-order valence-corrected chi connectivity index (χ3v) is 3.42. The maximum Gasteiger partial charge on any atom is 0.317 e. The van der Waals surface area contributed by atoms with Gasteiger partial charge in [-0.15, -0.1) is 0 Å². The Bertz CT molecular complexity index is 226. The second kappa shape index (κ2) is 4.84. The van der Waals surface area contributed by atoms with Gasteiger partial charge in [0.1, 0.15) is 0 Å². The fourth-order valence-electron chi connectivity index (χ4n) is 2.47. The van der Waals surface area contributed by atoms with E-state index in [1.165, 1.54) is 25.9 Å². The van der Waals surface area contributed by atoms with Crippen LogP contribution in [0.3, 0.4) is 0 Å². The molecular formula is C11H21N3O. The summed E-state index contributed by atoms with van der Waals surface area (Å²) in [6.45, 7) is 7.28. The zero-order valence-electron chi connectivity index (χ0n) is 9.54. The number of amides is 2. The zero-order chi connectivity index (χ0) is 10.7. The lowest BCUT2D eigenvalue weighted by Gasteiger charge is -2.33. The Labute approximate surface area is 91.6 Å². The Morgan fingerprint density at radius 3 is 2.67 bits per heavy atom. The zero-order valence-corrected chi connectivity index (χ0v) is 9.54. The largest absolute Gasteiger partial charge is 0.338 e. The van der Waals surface area contributed by atoms with E-state index < -0.39 is 0 Å². The van der Waals surface area contributed by atoms with Crippen LogP contribution in [0.2, 0.25) is 0 Å². The molecule has 1 N–H and O–H groups in total. The van der Waals surface area contributed by atoms with Gasteiger partial charge in [-0.05, 0) is 39.3 Å². The lowest BCUT2D eigenvalue weighted by molar-refractivity contribution is 0.155. The highest BCUT2D eigenvalue weighted by atomic mass is 16.2. The summed E-state index contributed by atoms with van der Waals surface area (Å²) in [5, 5.41) is 2.90. The van der Waals surface area contributed by atoms with Crippen LogP contribution in [0, 0.1) is 0 Å². The van der Waals surface area contributed by atoms with E-state index in [1.54, 1.807) is 0 Å². The molecule has 1 atom stereocenters. The monoisotopic (exact) mass is 211 g/mol. The van der Waals surface area contributed by atoms with Gasteiger partial charge >= 0.3 is 6.03 Å². The molecule has 15 heavy (non-hydrogen) atoms. The predicted molar refractivity (Wildman–Crippen MR) is 59.9 cm³/mol. The molecule has 2 aliphatic rings. The third-order valence-electron chi connectivity index (χ3n) is 3.42. The number of nitrogens with one attached hydrogen (secondary N) is 1. The summed E-state index contributed by atoms with van der Waals surface area (Å²) < 4.78 is 0. The van der Waals surface area contributed by atoms with Crippen molar-refractivity contribution in [2.24, 2.45) is 0 Å². The van der Waals surface area contributed by atoms with Crippen LogP contribution in [-0.2, 0) is 0 Å². The number of hydrogen-bond donors (Lipinski definition) is 1. The topological polar surface area (TPSA) is 35.6 Å². The van der Waals surface area contributed by atoms with Crippen LogP contribution in [0.5, 0.6) is 0 Å². The number of urea groups is 1. The van der Waals surface area contributed by atoms with E-state index in [2.05, 4.69) is 17.1 Å². The molecule has 2 rings (SSSR count). The first-order chi connectivity index (χ1) is 7.27. The predicted octanol–water partition coefficient (Wildman–Crippen LogP) is 0.886. The summed E-state index contributed by atoms with van der Waals surface area (Å²) in [5.41, 5.74) is 0. The van der Waals surface area contributed by atoms with Gasteiger partial charge in [0.2, 0.25) is 0 Å². The summed E-state index contributed by atoms with van der Waals surface area (Å²) in [4.78, 5) is 16.0. The minimum atomic E-state index is 0.118. The van der Waals surface area contributed by atoms with Crippen LogP contribution < -0.4 is 5.32 Å². The second-order valence-corrected chi connectivity index (χ2v) is 4.62. The maximum absolute atomic E-state index is 11.5. The summed E-state index contributed by atoms with van der Waals surface area (Å²) in [6.07, 6.45) is 3.71. The number of hydrogen-bond acceptors (Lipinski definition) is 2. The van der Waals surface area contributed by atoms with E-state index in [1.807, 2.05) is 4.90 Å². The highest BCUT2D eigenvalue weighted by Gasteiger charge is 2.24. The van der Waals surface area contributed by atoms with Crippen molar-refractivity contribution in [1.82, 2.24) is 15.1 Å². The fourth-order valence-corrected chi connectivity index (χ4v) is 2.47. The summed E-state index contributed by atoms with van der Waals surface area (Å²) in [6, 6.07) is 0.628. The van der Waals surface area contributed by atoms with Crippen molar-refractivity contribution < 1.29 is 4.79 Å². The highest BCUT2D eigenvalue weighted by molar-refractivity contribution is 5.74. The highest BCUT2D eigenvalue weighted by Crippen LogP contribution is 2.13. The molecule has 2 fully saturated rings. The number of nitrogens with zero attached hydrogens (tertiary/aromatic N) is 2. The van der Waals surface area contributed by atoms with Gasteiger partial charge < -0.3 is 10.2 Å². The quantitative estimate of drug-likeness (QED) is 0.752. The van der Waals surface area contributed by atoms with E-state index in [9.17, 15) is 4.79 Å². The lowest BCUT2D eigenvalue weighted by atomic mass is 10.2. The van der Waals surface area contributed by atoms with Gasteiger partial charge in [0.25, 0.3) is 0 Å². The van der Waals surface area contributed by atoms with E-state index in [0.29, 0.717) is 6.04 Å². The summed E-state index contributed by atoms with van der Waals surface area (Å²) in [5.74, 6) is 0. The Hall–Kier alpha value is -0.770. The van der Waals surface area contributed by atoms with Crippen LogP contribution >= 0.6 is 0 Å². The van der Waals surface area contributed by atoms with Crippen LogP contribution in [0.15, 0.2) is 0 Å². The molecule has 0 aromatic heterocycles. The Kier molecular flexibility index (Phi) is 3.46. The molecule has 4 heteroatoms. The first kappa shape index (κ1) is 10.7. The van der Waals surface area contributed by atoms with Gasteiger partial charge in [-0.1, -0.05) is 0 Å². The van der Waals surface area contributed by atoms with Crippen LogP contribution in [0.4, 0.5) is 4.79 Å². The van der Waals surface area contributed by atoms with Gasteiger partial charge in [-0.25, -0.2) is 4.79 Å². The van der Waals surface area contributed by atoms with Gasteiger partial charge in [-0.2, -0.15) is 0 Å². The first-order valence-electron chi connectivity index (χ1n) is 6.04. The van der Waals surface area contributed by atoms with Crippen molar-refractivity contribution in [1.29, 1.82) is 0 Å². The lowest BCUT2D eigenvalue weighted by Crippen LogP contribution is -2.51. The SMILES string of the molecule is CC(CN1CCCNC1=O)N1CCCC1. The Morgan fingerprint density at radius 2 is 2.00 bits per heavy atom. The van der Waals surface area contributed by atoms with Crippen molar-refractivity contribution >= 4 is 6.03 Å². The number of carbonyl (C=O) groups is 1. The molecule has 0 aromatic rings. The molecule has 0 aromatic carbocycles. The van der Waals surface area contributed by atoms with Gasteiger partial charge in [-0.3, -0.25) is 4.90 Å². The molecule has 2 amide bonds. The van der Waals surface area contributed by atoms with E-state index in [4.69, 9.17) is 0 Å². The minimum absolute atomic E-state index is 0.118. The molecule has 0 spiro atoms. The summed E-state index contributed by atoms with van der Waals surface area (Å²) in [7, 11) is 0. The van der Waals surface area contributed by atoms with Crippen molar-refractivity contribution in [3.05, 3.63) is 0 Å². The van der Waals surface area contributed by atoms with Crippen LogP contribution in [0.25, 0.3) is 0 Å². The molecule has 2 aliphatic heterocycles. The molecule has 1 unspecified atom stereocenters. The van der Waals surface area contributed by atoms with E-state index in [0.717, 1.165) is 26.1 Å². The molecule has 0 radical (unpaired) electrons. The van der Waals surface area contributed by atoms with E-state index in [-0.39, 0.29) is 6.03 Å². The minimum Gasteiger partial charge on any atom is -0.338 e. The van der Waals surface area contributed by atoms with Gasteiger partial charge in [0, 0.05) is 25.7 Å². The molecule has 2 saturated heterocycles. The van der Waals surface area contributed by atoms with Gasteiger partial charge in [0.15, 0.2) is 0 Å². The molecule has 0 bridgehead atoms. The number of likely N-dealkylation sites (tertiary alicyclic amines) is 1. The van der Waals surface area contributed by atoms with Crippen molar-refractivity contribution in [3.8, 4) is 0 Å². The molecule has 86 valence electrons. The van der Waals surface area contributed by atoms with Crippen molar-refractivity contribution in [3.63, 3.8) is 0 Å². The third kappa shape index (κ3) is 2.62. The normalized spacial score (nSPS) is 25.4. The maximum atomic E-state index is 11.5. The molecule has 2 heterocycles. The van der Waals surface area contributed by atoms with Crippen LogP contribution in [0.1, 0.15) is 26.2 Å².